The van der Waals surface area contributed by atoms with Crippen molar-refractivity contribution in [3.05, 3.63) is 198 Å². The van der Waals surface area contributed by atoms with Gasteiger partial charge in [-0.3, -0.25) is 0 Å². The van der Waals surface area contributed by atoms with Gasteiger partial charge in [0.15, 0.2) is 17.5 Å². The van der Waals surface area contributed by atoms with Crippen LogP contribution in [0.2, 0.25) is 0 Å². The van der Waals surface area contributed by atoms with E-state index in [0.717, 1.165) is 77.2 Å². The van der Waals surface area contributed by atoms with E-state index < -0.39 is 0 Å². The monoisotopic (exact) mass is 877 g/mol. The highest BCUT2D eigenvalue weighted by molar-refractivity contribution is 6.11. The Hall–Kier alpha value is -8.65. The van der Waals surface area contributed by atoms with Crippen molar-refractivity contribution >= 4 is 43.6 Å². The molecule has 3 aromatic heterocycles. The predicted octanol–water partition coefficient (Wildman–Crippen LogP) is 15.1. The summed E-state index contributed by atoms with van der Waals surface area (Å²) in [5.41, 5.74) is 13.7. The van der Waals surface area contributed by atoms with Crippen molar-refractivity contribution in [1.29, 1.82) is 10.5 Å². The van der Waals surface area contributed by atoms with Gasteiger partial charge < -0.3 is 9.13 Å². The van der Waals surface area contributed by atoms with Crippen LogP contribution in [0.4, 0.5) is 0 Å². The maximum atomic E-state index is 10.4. The molecule has 0 spiro atoms. The standard InChI is InChI=1S/C61H47N7/c1-60(2,3)43-26-30-53-48(34-43)45-16-10-12-18-51(45)67(53)55-29-22-39(37-63)32-50(55)59-65-57(41-14-8-7-9-15-41)64-58(66-59)47-28-25-42(40-23-20-38(36-62)21-24-40)33-56(47)68-52-19-13-11-17-46(52)49-35-44(61(4,5)6)27-31-54(49)68/h7-35H,1-6H3. The van der Waals surface area contributed by atoms with Crippen molar-refractivity contribution in [1.82, 2.24) is 24.1 Å². The quantitative estimate of drug-likeness (QED) is 0.166. The molecular formula is C61H47N7. The average molecular weight is 878 g/mol. The summed E-state index contributed by atoms with van der Waals surface area (Å²) >= 11 is 0. The Balaban J connectivity index is 1.21. The summed E-state index contributed by atoms with van der Waals surface area (Å²) in [6.07, 6.45) is 0. The number of benzene rings is 8. The summed E-state index contributed by atoms with van der Waals surface area (Å²) in [6, 6.07) is 65.2. The van der Waals surface area contributed by atoms with Gasteiger partial charge in [-0.1, -0.05) is 139 Å². The van der Waals surface area contributed by atoms with E-state index in [4.69, 9.17) is 15.0 Å². The second-order valence-electron chi connectivity index (χ2n) is 19.6. The lowest BCUT2D eigenvalue weighted by Crippen LogP contribution is -2.10. The highest BCUT2D eigenvalue weighted by atomic mass is 15.1. The zero-order valence-corrected chi connectivity index (χ0v) is 38.9. The first-order valence-electron chi connectivity index (χ1n) is 23.0. The van der Waals surface area contributed by atoms with Crippen LogP contribution in [0.3, 0.4) is 0 Å². The topological polar surface area (TPSA) is 96.1 Å². The Bertz CT molecular complexity index is 3880. The summed E-state index contributed by atoms with van der Waals surface area (Å²) in [4.78, 5) is 16.1. The first-order chi connectivity index (χ1) is 32.9. The largest absolute Gasteiger partial charge is 0.309 e. The number of hydrogen-bond acceptors (Lipinski definition) is 5. The molecule has 0 radical (unpaired) electrons. The van der Waals surface area contributed by atoms with Crippen LogP contribution in [0.15, 0.2) is 176 Å². The van der Waals surface area contributed by atoms with Gasteiger partial charge in [-0.05, 0) is 112 Å². The predicted molar refractivity (Wildman–Crippen MR) is 277 cm³/mol. The lowest BCUT2D eigenvalue weighted by Gasteiger charge is -2.20. The Labute approximate surface area is 395 Å². The first-order valence-corrected chi connectivity index (χ1v) is 23.0. The summed E-state index contributed by atoms with van der Waals surface area (Å²) in [6.45, 7) is 13.5. The molecule has 0 aliphatic rings. The molecule has 0 aliphatic carbocycles. The molecule has 0 bridgehead atoms. The maximum Gasteiger partial charge on any atom is 0.166 e. The number of rotatable bonds is 6. The lowest BCUT2D eigenvalue weighted by atomic mass is 9.86. The van der Waals surface area contributed by atoms with Crippen LogP contribution in [0.25, 0.3) is 100 Å². The van der Waals surface area contributed by atoms with Crippen LogP contribution >= 0.6 is 0 Å². The highest BCUT2D eigenvalue weighted by Crippen LogP contribution is 2.42. The van der Waals surface area contributed by atoms with E-state index in [2.05, 4.69) is 166 Å². The third-order valence-electron chi connectivity index (χ3n) is 13.2. The molecule has 0 aliphatic heterocycles. The average Bonchev–Trinajstić information content (AvgIpc) is 3.88. The van der Waals surface area contributed by atoms with Crippen LogP contribution in [0, 0.1) is 22.7 Å². The van der Waals surface area contributed by atoms with Crippen molar-refractivity contribution in [2.75, 3.05) is 0 Å². The van der Waals surface area contributed by atoms with Crippen molar-refractivity contribution < 1.29 is 0 Å². The van der Waals surface area contributed by atoms with Gasteiger partial charge in [-0.15, -0.1) is 0 Å². The molecule has 8 aromatic carbocycles. The molecule has 3 heterocycles. The van der Waals surface area contributed by atoms with Gasteiger partial charge >= 0.3 is 0 Å². The molecule has 11 rings (SSSR count). The lowest BCUT2D eigenvalue weighted by molar-refractivity contribution is 0.591. The Morgan fingerprint density at radius 1 is 0.368 bits per heavy atom. The summed E-state index contributed by atoms with van der Waals surface area (Å²) in [7, 11) is 0. The molecule has 7 heteroatoms. The Morgan fingerprint density at radius 3 is 1.43 bits per heavy atom. The van der Waals surface area contributed by atoms with Crippen LogP contribution in [0.5, 0.6) is 0 Å². The van der Waals surface area contributed by atoms with Crippen molar-refractivity contribution in [2.45, 2.75) is 52.4 Å². The number of nitrogens with zero attached hydrogens (tertiary/aromatic N) is 7. The molecule has 68 heavy (non-hydrogen) atoms. The highest BCUT2D eigenvalue weighted by Gasteiger charge is 2.25. The number of fused-ring (bicyclic) bond motifs is 6. The van der Waals surface area contributed by atoms with E-state index in [9.17, 15) is 10.5 Å². The number of para-hydroxylation sites is 2. The molecular weight excluding hydrogens is 831 g/mol. The molecule has 0 amide bonds. The van der Waals surface area contributed by atoms with Gasteiger partial charge in [0.25, 0.3) is 0 Å². The first kappa shape index (κ1) is 42.0. The molecule has 0 saturated heterocycles. The van der Waals surface area contributed by atoms with Crippen LogP contribution in [-0.4, -0.2) is 24.1 Å². The molecule has 0 N–H and O–H groups in total. The Kier molecular flexibility index (Phi) is 9.92. The second kappa shape index (κ2) is 16.0. The van der Waals surface area contributed by atoms with E-state index in [-0.39, 0.29) is 10.8 Å². The number of aromatic nitrogens is 5. The van der Waals surface area contributed by atoms with Gasteiger partial charge in [0.1, 0.15) is 0 Å². The minimum atomic E-state index is -0.0521. The number of hydrogen-bond donors (Lipinski definition) is 0. The fourth-order valence-corrected chi connectivity index (χ4v) is 9.53. The van der Waals surface area contributed by atoms with Crippen LogP contribution < -0.4 is 0 Å². The van der Waals surface area contributed by atoms with E-state index >= 15 is 0 Å². The molecule has 326 valence electrons. The molecule has 11 aromatic rings. The second-order valence-corrected chi connectivity index (χ2v) is 19.6. The number of nitriles is 2. The van der Waals surface area contributed by atoms with E-state index in [1.165, 1.54) is 11.1 Å². The van der Waals surface area contributed by atoms with Gasteiger partial charge in [-0.25, -0.2) is 15.0 Å². The van der Waals surface area contributed by atoms with E-state index in [0.29, 0.717) is 34.2 Å². The summed E-state index contributed by atoms with van der Waals surface area (Å²) in [5.74, 6) is 1.44. The summed E-state index contributed by atoms with van der Waals surface area (Å²) < 4.78 is 4.61. The minimum absolute atomic E-state index is 0.0419. The van der Waals surface area contributed by atoms with E-state index in [1.807, 2.05) is 72.8 Å². The Morgan fingerprint density at radius 2 is 0.853 bits per heavy atom. The van der Waals surface area contributed by atoms with Crippen molar-refractivity contribution in [2.24, 2.45) is 0 Å². The van der Waals surface area contributed by atoms with Gasteiger partial charge in [-0.2, -0.15) is 10.5 Å². The maximum absolute atomic E-state index is 10.4. The third kappa shape index (κ3) is 7.17. The van der Waals surface area contributed by atoms with Crippen molar-refractivity contribution in [3.63, 3.8) is 0 Å². The summed E-state index contributed by atoms with van der Waals surface area (Å²) in [5, 5.41) is 24.7. The fraction of sp³-hybridized carbons (Fsp3) is 0.131. The molecule has 0 atom stereocenters. The smallest absolute Gasteiger partial charge is 0.166 e. The van der Waals surface area contributed by atoms with Gasteiger partial charge in [0.2, 0.25) is 0 Å². The zero-order chi connectivity index (χ0) is 46.9. The molecule has 0 fully saturated rings. The van der Waals surface area contributed by atoms with Gasteiger partial charge in [0.05, 0.1) is 56.7 Å². The van der Waals surface area contributed by atoms with Crippen molar-refractivity contribution in [3.8, 4) is 68.8 Å². The van der Waals surface area contributed by atoms with Gasteiger partial charge in [0, 0.05) is 38.2 Å². The molecule has 0 saturated carbocycles. The molecule has 0 unspecified atom stereocenters. The fourth-order valence-electron chi connectivity index (χ4n) is 9.53. The minimum Gasteiger partial charge on any atom is -0.309 e. The third-order valence-corrected chi connectivity index (χ3v) is 13.2. The van der Waals surface area contributed by atoms with E-state index in [1.54, 1.807) is 0 Å². The SMILES string of the molecule is CC(C)(C)c1ccc2c(c1)c1ccccc1n2-c1ccc(C#N)cc1-c1nc(-c2ccccc2)nc(-c2ccc(-c3ccc(C#N)cc3)cc2-n2c3ccccc3c3cc(C(C)(C)C)ccc32)n1. The van der Waals surface area contributed by atoms with Crippen LogP contribution in [0.1, 0.15) is 63.8 Å². The normalized spacial score (nSPS) is 11.9. The zero-order valence-electron chi connectivity index (χ0n) is 38.9. The molecule has 7 nitrogen and oxygen atoms in total. The van der Waals surface area contributed by atoms with Crippen LogP contribution in [-0.2, 0) is 10.8 Å².